The summed E-state index contributed by atoms with van der Waals surface area (Å²) >= 11 is 0. The Kier molecular flexibility index (Phi) is 5.12. The van der Waals surface area contributed by atoms with Crippen molar-refractivity contribution in [2.45, 2.75) is 25.9 Å². The van der Waals surface area contributed by atoms with E-state index in [1.807, 2.05) is 54.6 Å². The van der Waals surface area contributed by atoms with Crippen LogP contribution < -0.4 is 0 Å². The molecule has 1 atom stereocenters. The number of pyridine rings is 1. The maximum Gasteiger partial charge on any atom is 0.346 e. The standard InChI is InChI=1S/C24H21NO4/c1-15(23(26)28-2)29-24(27)21-18-10-6-7-11-20(18)25-22-17(12-13-19(21)22)14-16-8-4-3-5-9-16/h3-11,14-15H,12-13H2,1-2H3/b17-14-. The molecule has 1 aliphatic carbocycles. The molecule has 0 saturated carbocycles. The van der Waals surface area contributed by atoms with Crippen LogP contribution in [0.25, 0.3) is 22.6 Å². The molecule has 0 fully saturated rings. The largest absolute Gasteiger partial charge is 0.466 e. The summed E-state index contributed by atoms with van der Waals surface area (Å²) in [5.41, 5.74) is 5.08. The lowest BCUT2D eigenvalue weighted by Crippen LogP contribution is -2.26. The molecule has 1 aliphatic rings. The third-order valence-electron chi connectivity index (χ3n) is 5.10. The number of esters is 2. The number of carbonyl (C=O) groups excluding carboxylic acids is 2. The van der Waals surface area contributed by atoms with Crippen molar-refractivity contribution in [1.29, 1.82) is 0 Å². The number of benzene rings is 2. The van der Waals surface area contributed by atoms with Crippen LogP contribution in [0.2, 0.25) is 0 Å². The molecule has 5 nitrogen and oxygen atoms in total. The van der Waals surface area contributed by atoms with Crippen LogP contribution in [0.4, 0.5) is 0 Å². The third-order valence-corrected chi connectivity index (χ3v) is 5.10. The molecule has 0 radical (unpaired) electrons. The number of hydrogen-bond acceptors (Lipinski definition) is 5. The zero-order chi connectivity index (χ0) is 20.4. The van der Waals surface area contributed by atoms with Crippen molar-refractivity contribution in [3.8, 4) is 0 Å². The number of allylic oxidation sites excluding steroid dienone is 1. The number of hydrogen-bond donors (Lipinski definition) is 0. The van der Waals surface area contributed by atoms with Crippen molar-refractivity contribution < 1.29 is 19.1 Å². The molecule has 4 rings (SSSR count). The summed E-state index contributed by atoms with van der Waals surface area (Å²) in [7, 11) is 1.27. The molecule has 1 unspecified atom stereocenters. The lowest BCUT2D eigenvalue weighted by Gasteiger charge is -2.15. The van der Waals surface area contributed by atoms with Crippen molar-refractivity contribution in [3.05, 3.63) is 77.0 Å². The number of rotatable bonds is 4. The van der Waals surface area contributed by atoms with Crippen molar-refractivity contribution in [3.63, 3.8) is 0 Å². The molecule has 0 N–H and O–H groups in total. The second-order valence-electron chi connectivity index (χ2n) is 6.98. The molecule has 0 saturated heterocycles. The van der Waals surface area contributed by atoms with E-state index in [4.69, 9.17) is 9.72 Å². The van der Waals surface area contributed by atoms with Gasteiger partial charge in [-0.05, 0) is 48.6 Å². The van der Waals surface area contributed by atoms with Crippen LogP contribution >= 0.6 is 0 Å². The summed E-state index contributed by atoms with van der Waals surface area (Å²) in [6.07, 6.45) is 2.62. The van der Waals surface area contributed by atoms with Crippen LogP contribution in [0.3, 0.4) is 0 Å². The minimum Gasteiger partial charge on any atom is -0.466 e. The zero-order valence-electron chi connectivity index (χ0n) is 16.3. The SMILES string of the molecule is COC(=O)C(C)OC(=O)c1c2c(nc3ccccc13)/C(=C\c1ccccc1)CC2. The Labute approximate surface area is 169 Å². The first kappa shape index (κ1) is 18.9. The fourth-order valence-corrected chi connectivity index (χ4v) is 3.70. The van der Waals surface area contributed by atoms with Gasteiger partial charge in [-0.1, -0.05) is 48.5 Å². The molecule has 5 heteroatoms. The average Bonchev–Trinajstić information content (AvgIpc) is 3.13. The van der Waals surface area contributed by atoms with E-state index < -0.39 is 18.0 Å². The normalized spacial score (nSPS) is 15.2. The van der Waals surface area contributed by atoms with Gasteiger partial charge in [-0.3, -0.25) is 0 Å². The smallest absolute Gasteiger partial charge is 0.346 e. The number of para-hydroxylation sites is 1. The van der Waals surface area contributed by atoms with Gasteiger partial charge in [-0.15, -0.1) is 0 Å². The summed E-state index contributed by atoms with van der Waals surface area (Å²) in [6.45, 7) is 1.51. The number of nitrogens with zero attached hydrogens (tertiary/aromatic N) is 1. The van der Waals surface area contributed by atoms with Gasteiger partial charge in [-0.25, -0.2) is 14.6 Å². The molecule has 29 heavy (non-hydrogen) atoms. The van der Waals surface area contributed by atoms with E-state index in [0.717, 1.165) is 39.7 Å². The van der Waals surface area contributed by atoms with E-state index in [2.05, 4.69) is 10.8 Å². The van der Waals surface area contributed by atoms with E-state index in [0.29, 0.717) is 12.0 Å². The summed E-state index contributed by atoms with van der Waals surface area (Å²) in [5.74, 6) is -1.11. The number of methoxy groups -OCH3 is 1. The van der Waals surface area contributed by atoms with Gasteiger partial charge in [0.1, 0.15) is 0 Å². The second-order valence-corrected chi connectivity index (χ2v) is 6.98. The lowest BCUT2D eigenvalue weighted by molar-refractivity contribution is -0.149. The number of aromatic nitrogens is 1. The van der Waals surface area contributed by atoms with Gasteiger partial charge in [0.25, 0.3) is 0 Å². The van der Waals surface area contributed by atoms with Crippen molar-refractivity contribution >= 4 is 34.5 Å². The predicted octanol–water partition coefficient (Wildman–Crippen LogP) is 4.44. The van der Waals surface area contributed by atoms with Gasteiger partial charge in [0.2, 0.25) is 0 Å². The molecular formula is C24H21NO4. The number of ether oxygens (including phenoxy) is 2. The van der Waals surface area contributed by atoms with Gasteiger partial charge in [0.05, 0.1) is 23.9 Å². The predicted molar refractivity (Wildman–Crippen MR) is 111 cm³/mol. The van der Waals surface area contributed by atoms with Gasteiger partial charge < -0.3 is 9.47 Å². The Morgan fingerprint density at radius 2 is 1.76 bits per heavy atom. The van der Waals surface area contributed by atoms with Crippen LogP contribution in [-0.4, -0.2) is 30.1 Å². The molecule has 0 amide bonds. The second kappa shape index (κ2) is 7.87. The van der Waals surface area contributed by atoms with Crippen LogP contribution in [0.1, 0.15) is 40.5 Å². The minimum atomic E-state index is -0.976. The highest BCUT2D eigenvalue weighted by atomic mass is 16.6. The molecule has 3 aromatic rings. The first-order chi connectivity index (χ1) is 14.1. The number of carbonyl (C=O) groups is 2. The lowest BCUT2D eigenvalue weighted by atomic mass is 10.0. The molecular weight excluding hydrogens is 366 g/mol. The van der Waals surface area contributed by atoms with Crippen molar-refractivity contribution in [2.75, 3.05) is 7.11 Å². The van der Waals surface area contributed by atoms with E-state index in [9.17, 15) is 9.59 Å². The third kappa shape index (κ3) is 3.63. The van der Waals surface area contributed by atoms with Crippen LogP contribution in [0.15, 0.2) is 54.6 Å². The Bertz CT molecular complexity index is 1120. The van der Waals surface area contributed by atoms with E-state index in [-0.39, 0.29) is 0 Å². The average molecular weight is 387 g/mol. The topological polar surface area (TPSA) is 65.5 Å². The highest BCUT2D eigenvalue weighted by molar-refractivity contribution is 6.07. The first-order valence-corrected chi connectivity index (χ1v) is 9.55. The van der Waals surface area contributed by atoms with Gasteiger partial charge >= 0.3 is 11.9 Å². The number of fused-ring (bicyclic) bond motifs is 2. The minimum absolute atomic E-state index is 0.484. The van der Waals surface area contributed by atoms with Gasteiger partial charge in [-0.2, -0.15) is 0 Å². The Hall–Kier alpha value is -3.47. The monoisotopic (exact) mass is 387 g/mol. The first-order valence-electron chi connectivity index (χ1n) is 9.55. The summed E-state index contributed by atoms with van der Waals surface area (Å²) in [4.78, 5) is 29.6. The highest BCUT2D eigenvalue weighted by Crippen LogP contribution is 2.37. The van der Waals surface area contributed by atoms with Crippen LogP contribution in [-0.2, 0) is 20.7 Å². The summed E-state index contributed by atoms with van der Waals surface area (Å²) < 4.78 is 10.1. The Balaban J connectivity index is 1.82. The summed E-state index contributed by atoms with van der Waals surface area (Å²) in [5, 5.41) is 0.731. The van der Waals surface area contributed by atoms with Gasteiger partial charge in [0.15, 0.2) is 6.10 Å². The zero-order valence-corrected chi connectivity index (χ0v) is 16.3. The molecule has 1 aromatic heterocycles. The summed E-state index contributed by atoms with van der Waals surface area (Å²) in [6, 6.07) is 17.6. The van der Waals surface area contributed by atoms with E-state index in [1.165, 1.54) is 14.0 Å². The Morgan fingerprint density at radius 3 is 2.52 bits per heavy atom. The van der Waals surface area contributed by atoms with E-state index in [1.54, 1.807) is 0 Å². The Morgan fingerprint density at radius 1 is 1.03 bits per heavy atom. The van der Waals surface area contributed by atoms with Crippen molar-refractivity contribution in [1.82, 2.24) is 4.98 Å². The van der Waals surface area contributed by atoms with Crippen LogP contribution in [0, 0.1) is 0 Å². The molecule has 0 spiro atoms. The quantitative estimate of drug-likeness (QED) is 0.619. The molecule has 146 valence electrons. The molecule has 0 aliphatic heterocycles. The molecule has 0 bridgehead atoms. The highest BCUT2D eigenvalue weighted by Gasteiger charge is 2.29. The molecule has 2 aromatic carbocycles. The van der Waals surface area contributed by atoms with Crippen molar-refractivity contribution in [2.24, 2.45) is 0 Å². The van der Waals surface area contributed by atoms with Crippen LogP contribution in [0.5, 0.6) is 0 Å². The fraction of sp³-hybridized carbons (Fsp3) is 0.208. The van der Waals surface area contributed by atoms with Gasteiger partial charge in [0, 0.05) is 5.39 Å². The maximum absolute atomic E-state index is 13.0. The fourth-order valence-electron chi connectivity index (χ4n) is 3.70. The maximum atomic E-state index is 13.0. The van der Waals surface area contributed by atoms with E-state index >= 15 is 0 Å². The molecule has 1 heterocycles.